The monoisotopic (exact) mass is 391 g/mol. The molecule has 8 nitrogen and oxygen atoms in total. The molecule has 2 aromatic carbocycles. The molecule has 0 aliphatic rings. The van der Waals surface area contributed by atoms with Gasteiger partial charge in [0, 0.05) is 18.6 Å². The number of nitro groups is 1. The number of hydrogen-bond acceptors (Lipinski definition) is 6. The van der Waals surface area contributed by atoms with E-state index in [-0.39, 0.29) is 28.3 Å². The van der Waals surface area contributed by atoms with Crippen LogP contribution in [0.2, 0.25) is 5.02 Å². The predicted octanol–water partition coefficient (Wildman–Crippen LogP) is 3.77. The quantitative estimate of drug-likeness (QED) is 0.578. The fourth-order valence-electron chi connectivity index (χ4n) is 2.04. The second-order valence-corrected chi connectivity index (χ2v) is 5.52. The topological polar surface area (TPSA) is 114 Å². The lowest BCUT2D eigenvalue weighted by molar-refractivity contribution is -0.384. The lowest BCUT2D eigenvalue weighted by Crippen LogP contribution is -2.34. The first-order chi connectivity index (χ1) is 12.8. The smallest absolute Gasteiger partial charge is 0.332 e. The maximum Gasteiger partial charge on any atom is 0.332 e. The van der Waals surface area contributed by atoms with E-state index in [2.05, 4.69) is 0 Å². The van der Waals surface area contributed by atoms with Gasteiger partial charge in [0.2, 0.25) is 0 Å². The highest BCUT2D eigenvalue weighted by molar-refractivity contribution is 6.34. The van der Waals surface area contributed by atoms with Gasteiger partial charge >= 0.3 is 5.97 Å². The average molecular weight is 392 g/mol. The highest BCUT2D eigenvalue weighted by Crippen LogP contribution is 2.28. The fraction of sp³-hybridized carbons (Fsp3) is 0.118. The molecule has 0 atom stereocenters. The summed E-state index contributed by atoms with van der Waals surface area (Å²) >= 11 is 5.96. The molecule has 138 valence electrons. The van der Waals surface area contributed by atoms with Crippen molar-refractivity contribution >= 4 is 34.9 Å². The van der Waals surface area contributed by atoms with Gasteiger partial charge in [0.05, 0.1) is 21.1 Å². The number of rotatable bonds is 4. The number of nitrogens with zero attached hydrogens (tertiary/aromatic N) is 3. The second-order valence-electron chi connectivity index (χ2n) is 5.11. The molecule has 0 aliphatic heterocycles. The predicted molar refractivity (Wildman–Crippen MR) is 92.4 cm³/mol. The maximum atomic E-state index is 13.4. The molecular formula is C17H11ClFN3O5. The Balaban J connectivity index is 2.60. The van der Waals surface area contributed by atoms with Crippen LogP contribution in [-0.4, -0.2) is 16.8 Å². The zero-order valence-corrected chi connectivity index (χ0v) is 14.6. The van der Waals surface area contributed by atoms with E-state index in [0.717, 1.165) is 36.4 Å². The van der Waals surface area contributed by atoms with Crippen LogP contribution < -0.4 is 5.06 Å². The Labute approximate surface area is 157 Å². The number of nitro benzene ring substituents is 1. The summed E-state index contributed by atoms with van der Waals surface area (Å²) in [4.78, 5) is 39.8. The Morgan fingerprint density at radius 3 is 2.63 bits per heavy atom. The largest absolute Gasteiger partial charge is 0.333 e. The number of carbonyl (C=O) groups excluding carboxylic acids is 2. The summed E-state index contributed by atoms with van der Waals surface area (Å²) in [5.74, 6) is -2.59. The van der Waals surface area contributed by atoms with E-state index < -0.39 is 28.3 Å². The molecule has 0 spiro atoms. The van der Waals surface area contributed by atoms with Crippen molar-refractivity contribution in [1.29, 1.82) is 5.26 Å². The summed E-state index contributed by atoms with van der Waals surface area (Å²) in [7, 11) is 0. The number of halogens is 2. The molecule has 0 saturated carbocycles. The van der Waals surface area contributed by atoms with Crippen molar-refractivity contribution < 1.29 is 23.7 Å². The molecule has 27 heavy (non-hydrogen) atoms. The lowest BCUT2D eigenvalue weighted by Gasteiger charge is -2.22. The van der Waals surface area contributed by atoms with Crippen molar-refractivity contribution in [2.75, 3.05) is 5.06 Å². The van der Waals surface area contributed by atoms with Crippen LogP contribution in [0.1, 0.15) is 29.3 Å². The summed E-state index contributed by atoms with van der Waals surface area (Å²) in [5, 5.41) is 20.5. The normalized spacial score (nSPS) is 10.0. The van der Waals surface area contributed by atoms with Crippen LogP contribution in [0.15, 0.2) is 36.4 Å². The molecular weight excluding hydrogens is 381 g/mol. The van der Waals surface area contributed by atoms with Gasteiger partial charge in [-0.25, -0.2) is 9.18 Å². The molecule has 10 heteroatoms. The van der Waals surface area contributed by atoms with Crippen LogP contribution in [0.3, 0.4) is 0 Å². The summed E-state index contributed by atoms with van der Waals surface area (Å²) in [6.45, 7) is 1.47. The van der Waals surface area contributed by atoms with Crippen molar-refractivity contribution in [3.8, 4) is 6.07 Å². The number of non-ortho nitro benzene ring substituents is 1. The highest BCUT2D eigenvalue weighted by atomic mass is 35.5. The van der Waals surface area contributed by atoms with Crippen LogP contribution in [0.25, 0.3) is 0 Å². The molecule has 0 aliphatic carbocycles. The Morgan fingerprint density at radius 1 is 1.33 bits per heavy atom. The number of nitriles is 1. The number of hydroxylamine groups is 1. The van der Waals surface area contributed by atoms with Gasteiger partial charge in [-0.15, -0.1) is 5.06 Å². The van der Waals surface area contributed by atoms with Gasteiger partial charge in [0.25, 0.3) is 11.6 Å². The molecule has 0 aromatic heterocycles. The van der Waals surface area contributed by atoms with Crippen LogP contribution in [0.4, 0.5) is 15.8 Å². The van der Waals surface area contributed by atoms with E-state index >= 15 is 0 Å². The molecule has 0 saturated heterocycles. The number of carbonyl (C=O) groups is 2. The molecule has 0 unspecified atom stereocenters. The van der Waals surface area contributed by atoms with Gasteiger partial charge in [-0.3, -0.25) is 14.9 Å². The van der Waals surface area contributed by atoms with E-state index in [0.29, 0.717) is 5.06 Å². The van der Waals surface area contributed by atoms with E-state index in [1.807, 2.05) is 0 Å². The third-order valence-corrected chi connectivity index (χ3v) is 3.68. The molecule has 0 N–H and O–H groups in total. The second kappa shape index (κ2) is 8.25. The third kappa shape index (κ3) is 4.37. The Hall–Kier alpha value is -3.51. The average Bonchev–Trinajstić information content (AvgIpc) is 2.65. The summed E-state index contributed by atoms with van der Waals surface area (Å²) in [5.41, 5.74) is -1.24. The molecule has 0 heterocycles. The highest BCUT2D eigenvalue weighted by Gasteiger charge is 2.28. The molecule has 1 amide bonds. The number of benzene rings is 2. The Bertz CT molecular complexity index is 974. The molecule has 0 bridgehead atoms. The first-order valence-electron chi connectivity index (χ1n) is 7.47. The van der Waals surface area contributed by atoms with E-state index in [1.165, 1.54) is 6.92 Å². The lowest BCUT2D eigenvalue weighted by atomic mass is 10.1. The van der Waals surface area contributed by atoms with Crippen LogP contribution in [-0.2, 0) is 9.63 Å². The maximum absolute atomic E-state index is 13.4. The minimum Gasteiger partial charge on any atom is -0.333 e. The third-order valence-electron chi connectivity index (χ3n) is 3.36. The van der Waals surface area contributed by atoms with Gasteiger partial charge in [0.15, 0.2) is 0 Å². The van der Waals surface area contributed by atoms with Gasteiger partial charge in [0.1, 0.15) is 17.6 Å². The van der Waals surface area contributed by atoms with E-state index in [9.17, 15) is 29.4 Å². The summed E-state index contributed by atoms with van der Waals surface area (Å²) in [6, 6.07) is 7.73. The minimum absolute atomic E-state index is 0.102. The van der Waals surface area contributed by atoms with Crippen molar-refractivity contribution in [1.82, 2.24) is 0 Å². The zero-order valence-electron chi connectivity index (χ0n) is 13.8. The van der Waals surface area contributed by atoms with Crippen molar-refractivity contribution in [2.24, 2.45) is 0 Å². The Morgan fingerprint density at radius 2 is 2.04 bits per heavy atom. The van der Waals surface area contributed by atoms with Crippen molar-refractivity contribution in [2.45, 2.75) is 13.3 Å². The summed E-state index contributed by atoms with van der Waals surface area (Å²) in [6.07, 6.45) is -0.102. The van der Waals surface area contributed by atoms with Crippen LogP contribution in [0.5, 0.6) is 0 Å². The Kier molecular flexibility index (Phi) is 6.05. The minimum atomic E-state index is -1.03. The first-order valence-corrected chi connectivity index (χ1v) is 7.85. The van der Waals surface area contributed by atoms with E-state index in [4.69, 9.17) is 16.4 Å². The first kappa shape index (κ1) is 19.8. The number of hydrogen-bond donors (Lipinski definition) is 0. The fourth-order valence-corrected chi connectivity index (χ4v) is 2.24. The van der Waals surface area contributed by atoms with Crippen LogP contribution in [0, 0.1) is 27.3 Å². The zero-order chi connectivity index (χ0) is 20.1. The number of amides is 1. The standard InChI is InChI=1S/C17H11ClFN3O5/c1-2-16(23)27-21(15-6-3-11(19)7-10(15)9-20)17(24)13-8-12(22(25)26)4-5-14(13)18/h3-8H,2H2,1H3. The molecule has 0 radical (unpaired) electrons. The van der Waals surface area contributed by atoms with Crippen LogP contribution >= 0.6 is 11.6 Å². The van der Waals surface area contributed by atoms with Crippen molar-refractivity contribution in [3.63, 3.8) is 0 Å². The molecule has 2 rings (SSSR count). The molecule has 0 fully saturated rings. The van der Waals surface area contributed by atoms with Gasteiger partial charge in [-0.2, -0.15) is 5.26 Å². The molecule has 2 aromatic rings. The van der Waals surface area contributed by atoms with Gasteiger partial charge in [-0.1, -0.05) is 18.5 Å². The van der Waals surface area contributed by atoms with E-state index in [1.54, 1.807) is 6.07 Å². The van der Waals surface area contributed by atoms with Crippen molar-refractivity contribution in [3.05, 3.63) is 68.5 Å². The van der Waals surface area contributed by atoms with Gasteiger partial charge < -0.3 is 4.84 Å². The number of anilines is 1. The van der Waals surface area contributed by atoms with Gasteiger partial charge in [-0.05, 0) is 24.3 Å². The SMILES string of the molecule is CCC(=O)ON(C(=O)c1cc([N+](=O)[O-])ccc1Cl)c1ccc(F)cc1C#N. The summed E-state index contributed by atoms with van der Waals surface area (Å²) < 4.78 is 13.4.